The number of thioether (sulfide) groups is 1. The summed E-state index contributed by atoms with van der Waals surface area (Å²) < 4.78 is 2.06. The van der Waals surface area contributed by atoms with Crippen LogP contribution < -0.4 is 0 Å². The fourth-order valence-electron chi connectivity index (χ4n) is 3.10. The summed E-state index contributed by atoms with van der Waals surface area (Å²) in [5.74, 6) is -0.268. The Morgan fingerprint density at radius 3 is 2.46 bits per heavy atom. The van der Waals surface area contributed by atoms with Crippen molar-refractivity contribution in [3.63, 3.8) is 0 Å². The van der Waals surface area contributed by atoms with Crippen LogP contribution in [-0.4, -0.2) is 20.6 Å². The second-order valence-corrected chi connectivity index (χ2v) is 7.94. The largest absolute Gasteiger partial charge is 0.321 e. The molecule has 1 aliphatic heterocycles. The van der Waals surface area contributed by atoms with Crippen LogP contribution in [0.15, 0.2) is 71.8 Å². The maximum Gasteiger partial charge on any atom is 0.293 e. The number of benzene rings is 2. The maximum absolute atomic E-state index is 12.7. The summed E-state index contributed by atoms with van der Waals surface area (Å²) >= 11 is 6.87. The van der Waals surface area contributed by atoms with E-state index >= 15 is 0 Å². The van der Waals surface area contributed by atoms with Crippen molar-refractivity contribution in [1.82, 2.24) is 9.47 Å². The molecule has 140 valence electrons. The monoisotopic (exact) mass is 408 g/mol. The van der Waals surface area contributed by atoms with E-state index in [0.717, 1.165) is 34.3 Å². The first-order valence-electron chi connectivity index (χ1n) is 8.75. The van der Waals surface area contributed by atoms with Crippen LogP contribution in [-0.2, 0) is 11.3 Å². The molecular formula is C22H17ClN2O2S. The van der Waals surface area contributed by atoms with E-state index in [1.54, 1.807) is 18.2 Å². The molecule has 6 heteroatoms. The Bertz CT molecular complexity index is 1070. The lowest BCUT2D eigenvalue weighted by Gasteiger charge is -2.12. The molecule has 0 saturated carbocycles. The quantitative estimate of drug-likeness (QED) is 0.522. The molecule has 0 aliphatic carbocycles. The van der Waals surface area contributed by atoms with Crippen molar-refractivity contribution >= 4 is 40.6 Å². The van der Waals surface area contributed by atoms with Crippen molar-refractivity contribution in [2.75, 3.05) is 0 Å². The zero-order valence-electron chi connectivity index (χ0n) is 15.1. The number of carbonyl (C=O) groups excluding carboxylic acids is 2. The molecule has 1 fully saturated rings. The Kier molecular flexibility index (Phi) is 5.11. The number of para-hydroxylation sites is 1. The molecule has 1 aliphatic rings. The Morgan fingerprint density at radius 1 is 1.04 bits per heavy atom. The molecule has 0 spiro atoms. The average Bonchev–Trinajstić information content (AvgIpc) is 3.18. The summed E-state index contributed by atoms with van der Waals surface area (Å²) in [6, 6.07) is 19.1. The van der Waals surface area contributed by atoms with Crippen LogP contribution in [0.25, 0.3) is 11.8 Å². The van der Waals surface area contributed by atoms with Gasteiger partial charge in [-0.25, -0.2) is 0 Å². The molecule has 4 rings (SSSR count). The smallest absolute Gasteiger partial charge is 0.293 e. The molecule has 2 amide bonds. The molecule has 0 radical (unpaired) electrons. The van der Waals surface area contributed by atoms with E-state index in [1.165, 1.54) is 4.90 Å². The third kappa shape index (κ3) is 3.77. The molecule has 4 nitrogen and oxygen atoms in total. The molecule has 3 aromatic rings. The molecule has 1 aromatic heterocycles. The van der Waals surface area contributed by atoms with Crippen molar-refractivity contribution in [1.29, 1.82) is 0 Å². The lowest BCUT2D eigenvalue weighted by atomic mass is 10.2. The highest BCUT2D eigenvalue weighted by Crippen LogP contribution is 2.33. The van der Waals surface area contributed by atoms with Gasteiger partial charge in [-0.1, -0.05) is 41.9 Å². The van der Waals surface area contributed by atoms with Gasteiger partial charge in [0.1, 0.15) is 0 Å². The number of aryl methyl sites for hydroxylation is 1. The summed E-state index contributed by atoms with van der Waals surface area (Å²) in [7, 11) is 0. The predicted molar refractivity (Wildman–Crippen MR) is 113 cm³/mol. The van der Waals surface area contributed by atoms with Crippen LogP contribution in [0, 0.1) is 6.92 Å². The summed E-state index contributed by atoms with van der Waals surface area (Å²) in [5.41, 5.74) is 3.85. The molecular weight excluding hydrogens is 392 g/mol. The molecule has 0 N–H and O–H groups in total. The van der Waals surface area contributed by atoms with Crippen molar-refractivity contribution < 1.29 is 9.59 Å². The van der Waals surface area contributed by atoms with E-state index in [9.17, 15) is 9.59 Å². The standard InChI is InChI=1S/C22H17ClN2O2S/c1-15-11-17(14-24(15)19-5-3-2-4-6-19)12-20-21(26)25(22(27)28-20)13-16-7-9-18(23)10-8-16/h2-12,14H,13H2,1H3/b20-12+. The highest BCUT2D eigenvalue weighted by atomic mass is 35.5. The third-order valence-electron chi connectivity index (χ3n) is 4.49. The molecule has 2 heterocycles. The Morgan fingerprint density at radius 2 is 1.75 bits per heavy atom. The molecule has 0 atom stereocenters. The van der Waals surface area contributed by atoms with Gasteiger partial charge in [0.25, 0.3) is 11.1 Å². The van der Waals surface area contributed by atoms with Gasteiger partial charge in [-0.2, -0.15) is 0 Å². The molecule has 28 heavy (non-hydrogen) atoms. The SMILES string of the molecule is Cc1cc(/C=C2/SC(=O)N(Cc3ccc(Cl)cc3)C2=O)cn1-c1ccccc1. The Balaban J connectivity index is 1.57. The number of rotatable bonds is 4. The lowest BCUT2D eigenvalue weighted by Crippen LogP contribution is -2.27. The molecule has 0 bridgehead atoms. The van der Waals surface area contributed by atoms with Gasteiger partial charge >= 0.3 is 0 Å². The maximum atomic E-state index is 12.7. The van der Waals surface area contributed by atoms with E-state index in [0.29, 0.717) is 9.93 Å². The predicted octanol–water partition coefficient (Wildman–Crippen LogP) is 5.68. The zero-order chi connectivity index (χ0) is 19.7. The van der Waals surface area contributed by atoms with E-state index in [1.807, 2.05) is 61.7 Å². The van der Waals surface area contributed by atoms with Crippen molar-refractivity contribution in [3.8, 4) is 5.69 Å². The first kappa shape index (κ1) is 18.6. The van der Waals surface area contributed by atoms with Crippen molar-refractivity contribution in [2.24, 2.45) is 0 Å². The number of imide groups is 1. The Labute approximate surface area is 172 Å². The highest BCUT2D eigenvalue weighted by Gasteiger charge is 2.35. The number of aromatic nitrogens is 1. The van der Waals surface area contributed by atoms with Crippen LogP contribution in [0.3, 0.4) is 0 Å². The van der Waals surface area contributed by atoms with Gasteiger partial charge in [-0.15, -0.1) is 0 Å². The number of hydrogen-bond acceptors (Lipinski definition) is 3. The van der Waals surface area contributed by atoms with Crippen molar-refractivity contribution in [3.05, 3.63) is 93.6 Å². The van der Waals surface area contributed by atoms with E-state index in [2.05, 4.69) is 4.57 Å². The minimum Gasteiger partial charge on any atom is -0.321 e. The average molecular weight is 409 g/mol. The van der Waals surface area contributed by atoms with Crippen LogP contribution in [0.1, 0.15) is 16.8 Å². The molecule has 0 unspecified atom stereocenters. The van der Waals surface area contributed by atoms with E-state index in [4.69, 9.17) is 11.6 Å². The van der Waals surface area contributed by atoms with Crippen molar-refractivity contribution in [2.45, 2.75) is 13.5 Å². The summed E-state index contributed by atoms with van der Waals surface area (Å²) in [6.45, 7) is 2.25. The van der Waals surface area contributed by atoms with Crippen LogP contribution in [0.5, 0.6) is 0 Å². The van der Waals surface area contributed by atoms with Gasteiger partial charge in [-0.3, -0.25) is 14.5 Å². The number of hydrogen-bond donors (Lipinski definition) is 0. The lowest BCUT2D eigenvalue weighted by molar-refractivity contribution is -0.123. The normalized spacial score (nSPS) is 15.6. The molecule has 1 saturated heterocycles. The van der Waals surface area contributed by atoms with Crippen LogP contribution >= 0.6 is 23.4 Å². The number of carbonyl (C=O) groups is 2. The summed E-state index contributed by atoms with van der Waals surface area (Å²) in [4.78, 5) is 26.8. The topological polar surface area (TPSA) is 42.3 Å². The summed E-state index contributed by atoms with van der Waals surface area (Å²) in [6.07, 6.45) is 3.75. The first-order chi connectivity index (χ1) is 13.5. The van der Waals surface area contributed by atoms with E-state index < -0.39 is 0 Å². The van der Waals surface area contributed by atoms with Gasteiger partial charge in [-0.05, 0) is 66.2 Å². The minimum absolute atomic E-state index is 0.239. The Hall–Kier alpha value is -2.76. The van der Waals surface area contributed by atoms with E-state index in [-0.39, 0.29) is 17.7 Å². The van der Waals surface area contributed by atoms with Crippen LogP contribution in [0.2, 0.25) is 5.02 Å². The number of halogens is 1. The first-order valence-corrected chi connectivity index (χ1v) is 9.95. The second kappa shape index (κ2) is 7.70. The zero-order valence-corrected chi connectivity index (χ0v) is 16.7. The fourth-order valence-corrected chi connectivity index (χ4v) is 4.07. The number of amides is 2. The van der Waals surface area contributed by atoms with Gasteiger partial charge in [0.15, 0.2) is 0 Å². The highest BCUT2D eigenvalue weighted by molar-refractivity contribution is 8.18. The van der Waals surface area contributed by atoms with Gasteiger partial charge < -0.3 is 4.57 Å². The van der Waals surface area contributed by atoms with Gasteiger partial charge in [0.05, 0.1) is 11.4 Å². The van der Waals surface area contributed by atoms with Gasteiger partial charge in [0.2, 0.25) is 0 Å². The minimum atomic E-state index is -0.268. The fraction of sp³-hybridized carbons (Fsp3) is 0.0909. The second-order valence-electron chi connectivity index (χ2n) is 6.51. The van der Waals surface area contributed by atoms with Gasteiger partial charge in [0, 0.05) is 22.6 Å². The molecule has 2 aromatic carbocycles. The van der Waals surface area contributed by atoms with Crippen LogP contribution in [0.4, 0.5) is 4.79 Å². The number of nitrogens with zero attached hydrogens (tertiary/aromatic N) is 2. The summed E-state index contributed by atoms with van der Waals surface area (Å²) in [5, 5.41) is 0.362. The third-order valence-corrected chi connectivity index (χ3v) is 5.65.